The van der Waals surface area contributed by atoms with Crippen molar-refractivity contribution in [2.75, 3.05) is 26.2 Å². The van der Waals surface area contributed by atoms with Crippen LogP contribution in [0.15, 0.2) is 18.2 Å². The van der Waals surface area contributed by atoms with Gasteiger partial charge in [-0.2, -0.15) is 6.08 Å². The van der Waals surface area contributed by atoms with Crippen molar-refractivity contribution in [3.8, 4) is 0 Å². The van der Waals surface area contributed by atoms with Crippen molar-refractivity contribution >= 4 is 0 Å². The van der Waals surface area contributed by atoms with E-state index in [9.17, 15) is 0 Å². The Balaban J connectivity index is -0.000000569. The fraction of sp³-hybridized carbons (Fsp3) is 0.892. The van der Waals surface area contributed by atoms with E-state index in [1.165, 1.54) is 154 Å². The zero-order chi connectivity index (χ0) is 30.7. The van der Waals surface area contributed by atoms with Crippen LogP contribution in [0, 0.1) is 6.08 Å². The first-order valence-corrected chi connectivity index (χ1v) is 18.6. The Morgan fingerprint density at radius 3 is 0.927 bits per heavy atom. The van der Waals surface area contributed by atoms with Crippen LogP contribution in [-0.2, 0) is 21.0 Å². The zero-order valence-corrected chi connectivity index (χ0v) is 29.9. The Kier molecular flexibility index (Phi) is 54.5. The molecule has 0 bridgehead atoms. The molecule has 0 unspecified atom stereocenters. The summed E-state index contributed by atoms with van der Waals surface area (Å²) in [6, 6.07) is 0. The molecule has 1 aliphatic carbocycles. The molecule has 4 heteroatoms. The summed E-state index contributed by atoms with van der Waals surface area (Å²) in [5.74, 6) is 0. The topological polar surface area (TPSA) is 45.3 Å². The van der Waals surface area contributed by atoms with E-state index in [1.54, 1.807) is 0 Å². The van der Waals surface area contributed by atoms with Gasteiger partial charge in [0.05, 0.1) is 0 Å². The molecule has 0 aromatic heterocycles. The molecule has 0 aliphatic heterocycles. The van der Waals surface area contributed by atoms with E-state index >= 15 is 0 Å². The minimum absolute atomic E-state index is 1.01. The van der Waals surface area contributed by atoms with E-state index in [-0.39, 0.29) is 0 Å². The van der Waals surface area contributed by atoms with Crippen LogP contribution in [0.3, 0.4) is 0 Å². The van der Waals surface area contributed by atoms with Gasteiger partial charge in [0.2, 0.25) is 0 Å². The van der Waals surface area contributed by atoms with E-state index in [1.807, 2.05) is 12.2 Å². The average Bonchev–Trinajstić information content (AvgIpc) is 3.60. The van der Waals surface area contributed by atoms with Crippen molar-refractivity contribution in [1.29, 1.82) is 0 Å². The summed E-state index contributed by atoms with van der Waals surface area (Å²) >= 11 is 1.06. The van der Waals surface area contributed by atoms with Crippen molar-refractivity contribution in [3.63, 3.8) is 0 Å². The predicted octanol–water partition coefficient (Wildman–Crippen LogP) is 13.3. The normalized spacial score (nSPS) is 11.3. The van der Waals surface area contributed by atoms with E-state index < -0.39 is 0 Å². The van der Waals surface area contributed by atoms with Gasteiger partial charge in [0.25, 0.3) is 0 Å². The SMILES string of the molecule is CCCCCCCC[N-]CCCCCCCC.CCCCCCCC[N-]CCCCCCCC.[C-]1=CC=CC1.[O]=[V]. The summed E-state index contributed by atoms with van der Waals surface area (Å²) in [6.45, 7) is 13.5. The number of unbranched alkanes of at least 4 members (excludes halogenated alkanes) is 20. The van der Waals surface area contributed by atoms with Gasteiger partial charge in [0.1, 0.15) is 0 Å². The van der Waals surface area contributed by atoms with Crippen molar-refractivity contribution in [2.45, 2.75) is 188 Å². The summed E-state index contributed by atoms with van der Waals surface area (Å²) in [5.41, 5.74) is 0. The number of rotatable bonds is 28. The summed E-state index contributed by atoms with van der Waals surface area (Å²) in [5, 5.41) is 9.21. The number of allylic oxidation sites excluding steroid dienone is 4. The molecule has 1 aliphatic rings. The van der Waals surface area contributed by atoms with Crippen LogP contribution in [0.2, 0.25) is 0 Å². The molecule has 0 N–H and O–H groups in total. The second kappa shape index (κ2) is 49.5. The van der Waals surface area contributed by atoms with Crippen LogP contribution in [0.5, 0.6) is 0 Å². The summed E-state index contributed by atoms with van der Waals surface area (Å²) in [4.78, 5) is 0. The van der Waals surface area contributed by atoms with Gasteiger partial charge < -0.3 is 10.6 Å². The van der Waals surface area contributed by atoms with Crippen LogP contribution in [-0.4, -0.2) is 26.2 Å². The Labute approximate surface area is 269 Å². The summed E-state index contributed by atoms with van der Waals surface area (Å²) in [7, 11) is 0. The van der Waals surface area contributed by atoms with E-state index in [2.05, 4.69) is 50.5 Å². The van der Waals surface area contributed by atoms with E-state index in [0.717, 1.165) is 50.0 Å². The molecule has 0 saturated carbocycles. The Hall–Kier alpha value is -0.216. The second-order valence-electron chi connectivity index (χ2n) is 11.4. The minimum atomic E-state index is 1.01. The van der Waals surface area contributed by atoms with Crippen LogP contribution in [0.4, 0.5) is 0 Å². The van der Waals surface area contributed by atoms with Crippen molar-refractivity contribution in [3.05, 3.63) is 34.9 Å². The quantitative estimate of drug-likeness (QED) is 0.0640. The Morgan fingerprint density at radius 1 is 0.463 bits per heavy atom. The van der Waals surface area contributed by atoms with Gasteiger partial charge in [-0.25, -0.2) is 12.2 Å². The molecule has 0 aromatic rings. The molecule has 0 radical (unpaired) electrons. The van der Waals surface area contributed by atoms with Gasteiger partial charge in [-0.15, -0.1) is 32.6 Å². The Morgan fingerprint density at radius 2 is 0.732 bits per heavy atom. The number of hydrogen-bond donors (Lipinski definition) is 0. The van der Waals surface area contributed by atoms with Crippen molar-refractivity contribution in [1.82, 2.24) is 0 Å². The maximum atomic E-state index is 8.19. The van der Waals surface area contributed by atoms with Gasteiger partial charge in [0, 0.05) is 0 Å². The second-order valence-corrected chi connectivity index (χ2v) is 11.4. The molecule has 0 saturated heterocycles. The van der Waals surface area contributed by atoms with Crippen molar-refractivity contribution < 1.29 is 21.0 Å². The first-order valence-electron chi connectivity index (χ1n) is 18.0. The molecule has 0 atom stereocenters. The van der Waals surface area contributed by atoms with Crippen molar-refractivity contribution in [2.24, 2.45) is 0 Å². The third-order valence-corrected chi connectivity index (χ3v) is 7.26. The first kappa shape index (κ1) is 45.2. The molecule has 245 valence electrons. The molecule has 0 spiro atoms. The van der Waals surface area contributed by atoms with Gasteiger partial charge in [0.15, 0.2) is 0 Å². The van der Waals surface area contributed by atoms with Crippen LogP contribution < -0.4 is 0 Å². The molecule has 1 rings (SSSR count). The van der Waals surface area contributed by atoms with Gasteiger partial charge in [-0.3, -0.25) is 6.08 Å². The molecule has 0 aromatic carbocycles. The Bertz CT molecular complexity index is 402. The third kappa shape index (κ3) is 52.8. The molecular formula is C37H73N2OV-3. The first-order chi connectivity index (χ1) is 20.3. The maximum absolute atomic E-state index is 8.19. The van der Waals surface area contributed by atoms with Crippen LogP contribution in [0.25, 0.3) is 10.6 Å². The van der Waals surface area contributed by atoms with Gasteiger partial charge in [-0.1, -0.05) is 182 Å². The van der Waals surface area contributed by atoms with Gasteiger partial charge >= 0.3 is 21.0 Å². The molecule has 0 heterocycles. The fourth-order valence-electron chi connectivity index (χ4n) is 4.58. The van der Waals surface area contributed by atoms with E-state index in [4.69, 9.17) is 3.67 Å². The standard InChI is InChI=1S/2C16H34N.C5H5.O.V/c2*1-3-5-7-9-11-13-15-17-16-14-12-10-8-6-4-2;1-2-4-5-3-1;;/h2*3-16H2,1-2H3;1-3H,4H2;;/q3*-1;;. The molecule has 41 heavy (non-hydrogen) atoms. The van der Waals surface area contributed by atoms with Gasteiger partial charge in [-0.05, 0) is 0 Å². The number of hydrogen-bond acceptors (Lipinski definition) is 1. The predicted molar refractivity (Wildman–Crippen MR) is 182 cm³/mol. The van der Waals surface area contributed by atoms with Crippen LogP contribution >= 0.6 is 0 Å². The molecule has 0 fully saturated rings. The van der Waals surface area contributed by atoms with E-state index in [0.29, 0.717) is 0 Å². The van der Waals surface area contributed by atoms with Crippen LogP contribution in [0.1, 0.15) is 188 Å². The number of nitrogens with zero attached hydrogens (tertiary/aromatic N) is 2. The fourth-order valence-corrected chi connectivity index (χ4v) is 4.58. The average molecular weight is 613 g/mol. The summed E-state index contributed by atoms with van der Waals surface area (Å²) in [6.07, 6.45) is 43.2. The molecule has 3 nitrogen and oxygen atoms in total. The summed E-state index contributed by atoms with van der Waals surface area (Å²) < 4.78 is 8.19. The molecule has 0 amide bonds. The molecular weight excluding hydrogens is 539 g/mol. The third-order valence-electron chi connectivity index (χ3n) is 7.26. The zero-order valence-electron chi connectivity index (χ0n) is 28.5. The monoisotopic (exact) mass is 613 g/mol.